The molecule has 23 heavy (non-hydrogen) atoms. The highest BCUT2D eigenvalue weighted by Gasteiger charge is 2.27. The Morgan fingerprint density at radius 2 is 2.22 bits per heavy atom. The Hall–Kier alpha value is -1.35. The number of nitrogens with one attached hydrogen (secondary N) is 2. The number of β-amino-alcohol motifs (C(OH)–C–C–N with tert-alkyl or cyclic N) is 1. The Kier molecular flexibility index (Phi) is 11.2. The highest BCUT2D eigenvalue weighted by molar-refractivity contribution is 5.86. The van der Waals surface area contributed by atoms with Crippen LogP contribution in [0.5, 0.6) is 0 Å². The maximum absolute atomic E-state index is 12.1. The normalized spacial score (nSPS) is 18.3. The van der Waals surface area contributed by atoms with Crippen LogP contribution in [0.3, 0.4) is 0 Å². The molecule has 1 aliphatic rings. The van der Waals surface area contributed by atoms with Crippen molar-refractivity contribution in [2.45, 2.75) is 32.2 Å². The molecule has 0 spiro atoms. The topological polar surface area (TPSA) is 104 Å². The highest BCUT2D eigenvalue weighted by atomic mass is 16.6. The fourth-order valence-corrected chi connectivity index (χ4v) is 2.43. The number of carbonyl (C=O) groups is 1. The second kappa shape index (κ2) is 13.1. The van der Waals surface area contributed by atoms with E-state index in [0.717, 1.165) is 26.1 Å². The molecule has 1 aromatic heterocycles. The predicted molar refractivity (Wildman–Crippen MR) is 87.0 cm³/mol. The third kappa shape index (κ3) is 8.75. The van der Waals surface area contributed by atoms with E-state index in [4.69, 9.17) is 5.11 Å². The van der Waals surface area contributed by atoms with E-state index in [1.54, 1.807) is 0 Å². The van der Waals surface area contributed by atoms with Crippen LogP contribution >= 0.6 is 0 Å². The molecule has 0 bridgehead atoms. The third-order valence-electron chi connectivity index (χ3n) is 3.65. The van der Waals surface area contributed by atoms with Crippen molar-refractivity contribution >= 4 is 5.78 Å². The molecule has 0 aliphatic carbocycles. The first-order valence-electron chi connectivity index (χ1n) is 8.30. The zero-order chi connectivity index (χ0) is 16.8. The van der Waals surface area contributed by atoms with Crippen molar-refractivity contribution < 1.29 is 14.5 Å². The first-order chi connectivity index (χ1) is 11.3. The number of Topliss-reactive ketones (excluding diaryl/α,β-unsaturated/α-hetero) is 1. The summed E-state index contributed by atoms with van der Waals surface area (Å²) in [5.74, 6) is 0.229. The number of hydrogen-bond acceptors (Lipinski definition) is 8. The lowest BCUT2D eigenvalue weighted by molar-refractivity contribution is -0.124. The van der Waals surface area contributed by atoms with Crippen molar-refractivity contribution in [2.75, 3.05) is 45.9 Å². The molecule has 1 atom stereocenters. The number of ketones is 1. The number of piperazine rings is 1. The van der Waals surface area contributed by atoms with Gasteiger partial charge in [0.25, 0.3) is 0 Å². The minimum atomic E-state index is -0.0791. The van der Waals surface area contributed by atoms with E-state index in [0.29, 0.717) is 19.6 Å². The molecular weight excluding hydrogens is 298 g/mol. The molecule has 1 unspecified atom stereocenters. The van der Waals surface area contributed by atoms with Crippen molar-refractivity contribution in [3.63, 3.8) is 0 Å². The van der Waals surface area contributed by atoms with Crippen LogP contribution in [0.25, 0.3) is 0 Å². The molecule has 2 rings (SSSR count). The summed E-state index contributed by atoms with van der Waals surface area (Å²) in [6.07, 6.45) is 6.49. The molecule has 1 aliphatic heterocycles. The molecule has 1 saturated heterocycles. The Morgan fingerprint density at radius 1 is 1.43 bits per heavy atom. The molecule has 8 nitrogen and oxygen atoms in total. The molecule has 0 radical (unpaired) electrons. The van der Waals surface area contributed by atoms with Gasteiger partial charge in [0.05, 0.1) is 31.6 Å². The average Bonchev–Trinajstić information content (AvgIpc) is 3.15. The third-order valence-corrected chi connectivity index (χ3v) is 3.65. The minimum Gasteiger partial charge on any atom is -0.395 e. The number of unbranched alkanes of at least 4 members (excludes halogenated alkanes) is 2. The Morgan fingerprint density at radius 3 is 2.83 bits per heavy atom. The Balaban J connectivity index is 0.000000446. The quantitative estimate of drug-likeness (QED) is 0.530. The number of aromatic nitrogens is 2. The summed E-state index contributed by atoms with van der Waals surface area (Å²) >= 11 is 0. The van der Waals surface area contributed by atoms with Crippen LogP contribution in [-0.4, -0.2) is 78.0 Å². The second-order valence-electron chi connectivity index (χ2n) is 5.42. The molecule has 0 saturated carbocycles. The average molecular weight is 327 g/mol. The van der Waals surface area contributed by atoms with Crippen LogP contribution in [0.15, 0.2) is 17.0 Å². The maximum atomic E-state index is 12.1. The van der Waals surface area contributed by atoms with Gasteiger partial charge < -0.3 is 15.7 Å². The molecule has 2 heterocycles. The van der Waals surface area contributed by atoms with Crippen molar-refractivity contribution in [3.8, 4) is 0 Å². The highest BCUT2D eigenvalue weighted by Crippen LogP contribution is 2.03. The second-order valence-corrected chi connectivity index (χ2v) is 5.42. The van der Waals surface area contributed by atoms with E-state index < -0.39 is 0 Å². The number of nitrogens with zero attached hydrogens (tertiary/aromatic N) is 3. The van der Waals surface area contributed by atoms with Crippen molar-refractivity contribution in [1.82, 2.24) is 25.8 Å². The molecule has 3 N–H and O–H groups in total. The maximum Gasteiger partial charge on any atom is 0.164 e. The van der Waals surface area contributed by atoms with Crippen LogP contribution in [0.4, 0.5) is 0 Å². The predicted octanol–water partition coefficient (Wildman–Crippen LogP) is -0.329. The fraction of sp³-hybridized carbons (Fsp3) is 0.800. The zero-order valence-corrected chi connectivity index (χ0v) is 13.9. The van der Waals surface area contributed by atoms with Gasteiger partial charge in [-0.1, -0.05) is 30.1 Å². The molecule has 132 valence electrons. The van der Waals surface area contributed by atoms with Gasteiger partial charge >= 0.3 is 0 Å². The van der Waals surface area contributed by atoms with Crippen LogP contribution in [0.1, 0.15) is 26.2 Å². The molecular formula is C15H29N5O3. The van der Waals surface area contributed by atoms with E-state index >= 15 is 0 Å². The van der Waals surface area contributed by atoms with Gasteiger partial charge in [-0.05, 0) is 13.0 Å². The summed E-state index contributed by atoms with van der Waals surface area (Å²) in [4.78, 5) is 14.2. The number of carbonyl (C=O) groups excluding carboxylic acids is 1. The first-order valence-corrected chi connectivity index (χ1v) is 8.30. The van der Waals surface area contributed by atoms with Crippen molar-refractivity contribution in [1.29, 1.82) is 0 Å². The van der Waals surface area contributed by atoms with Gasteiger partial charge in [-0.25, -0.2) is 4.63 Å². The zero-order valence-electron chi connectivity index (χ0n) is 13.9. The van der Waals surface area contributed by atoms with Gasteiger partial charge in [-0.15, -0.1) is 0 Å². The van der Waals surface area contributed by atoms with Crippen LogP contribution in [-0.2, 0) is 4.79 Å². The van der Waals surface area contributed by atoms with Gasteiger partial charge in [-0.3, -0.25) is 9.69 Å². The monoisotopic (exact) mass is 327 g/mol. The summed E-state index contributed by atoms with van der Waals surface area (Å²) in [7, 11) is 0. The minimum absolute atomic E-state index is 0.0791. The van der Waals surface area contributed by atoms with Crippen LogP contribution in [0.2, 0.25) is 0 Å². The lowest BCUT2D eigenvalue weighted by Gasteiger charge is -2.34. The lowest BCUT2D eigenvalue weighted by Crippen LogP contribution is -2.57. The summed E-state index contributed by atoms with van der Waals surface area (Å²) in [6.45, 7) is 6.68. The van der Waals surface area contributed by atoms with E-state index in [-0.39, 0.29) is 18.4 Å². The van der Waals surface area contributed by atoms with Gasteiger partial charge in [0.1, 0.15) is 0 Å². The largest absolute Gasteiger partial charge is 0.395 e. The molecule has 1 fully saturated rings. The standard InChI is InChI=1S/C13H27N3O2.C2H2N2O/c1-2-3-4-5-14-11-13(18)12-10-15-6-7-16(12)8-9-17;1-2-4-5-3-1/h12,14-15,17H,2-11H2,1H3;1-2H. The summed E-state index contributed by atoms with van der Waals surface area (Å²) < 4.78 is 4.08. The van der Waals surface area contributed by atoms with E-state index in [1.165, 1.54) is 25.2 Å². The SMILES string of the molecule is CCCCCNCC(=O)C1CNCCN1CCO.c1cnon1. The van der Waals surface area contributed by atoms with Crippen LogP contribution in [0, 0.1) is 0 Å². The van der Waals surface area contributed by atoms with E-state index in [1.807, 2.05) is 0 Å². The van der Waals surface area contributed by atoms with Crippen molar-refractivity contribution in [3.05, 3.63) is 12.4 Å². The van der Waals surface area contributed by atoms with Gasteiger partial charge in [0.15, 0.2) is 5.78 Å². The summed E-state index contributed by atoms with van der Waals surface area (Å²) in [5.41, 5.74) is 0. The van der Waals surface area contributed by atoms with Gasteiger partial charge in [-0.2, -0.15) is 0 Å². The summed E-state index contributed by atoms with van der Waals surface area (Å²) in [5, 5.41) is 21.9. The Bertz CT molecular complexity index is 369. The fourth-order valence-electron chi connectivity index (χ4n) is 2.43. The molecule has 0 amide bonds. The van der Waals surface area contributed by atoms with Gasteiger partial charge in [0, 0.05) is 26.2 Å². The molecule has 0 aromatic carbocycles. The molecule has 8 heteroatoms. The van der Waals surface area contributed by atoms with Crippen molar-refractivity contribution in [2.24, 2.45) is 0 Å². The van der Waals surface area contributed by atoms with E-state index in [9.17, 15) is 4.79 Å². The van der Waals surface area contributed by atoms with Crippen LogP contribution < -0.4 is 10.6 Å². The number of aliphatic hydroxyl groups is 1. The number of aliphatic hydroxyl groups excluding tert-OH is 1. The molecule has 1 aromatic rings. The Labute approximate surface area is 137 Å². The van der Waals surface area contributed by atoms with E-state index in [2.05, 4.69) is 37.4 Å². The smallest absolute Gasteiger partial charge is 0.164 e. The first kappa shape index (κ1) is 19.7. The number of hydrogen-bond donors (Lipinski definition) is 3. The summed E-state index contributed by atoms with van der Waals surface area (Å²) in [6, 6.07) is -0.0791. The number of rotatable bonds is 9. The van der Waals surface area contributed by atoms with Gasteiger partial charge in [0.2, 0.25) is 0 Å². The lowest BCUT2D eigenvalue weighted by atomic mass is 10.1.